The summed E-state index contributed by atoms with van der Waals surface area (Å²) >= 11 is 7.56. The number of anilines is 1. The Morgan fingerprint density at radius 2 is 1.88 bits per heavy atom. The number of nitro groups is 1. The molecule has 0 amide bonds. The molecule has 2 heterocycles. The SMILES string of the molecule is CC1(C)CC(=O)C2=C(C1)Nc1nc(SCc3ccc([N+](=O)[O-])cc3)nn1C2c1ccc(Cl)cc1. The predicted octanol–water partition coefficient (Wildman–Crippen LogP) is 5.79. The molecule has 0 bridgehead atoms. The molecule has 1 N–H and O–H groups in total. The lowest BCUT2D eigenvalue weighted by atomic mass is 9.73. The molecule has 1 atom stereocenters. The Kier molecular flexibility index (Phi) is 5.69. The van der Waals surface area contributed by atoms with E-state index in [0.717, 1.165) is 28.8 Å². The number of nitrogens with one attached hydrogen (secondary N) is 1. The zero-order valence-electron chi connectivity index (χ0n) is 18.6. The lowest BCUT2D eigenvalue weighted by molar-refractivity contribution is -0.384. The Morgan fingerprint density at radius 3 is 2.56 bits per heavy atom. The number of nitro benzene ring substituents is 1. The fraction of sp³-hybridized carbons (Fsp3) is 0.292. The first kappa shape index (κ1) is 22.6. The Balaban J connectivity index is 1.47. The monoisotopic (exact) mass is 495 g/mol. The minimum absolute atomic E-state index is 0.0589. The summed E-state index contributed by atoms with van der Waals surface area (Å²) in [6.45, 7) is 4.19. The Hall–Kier alpha value is -3.17. The summed E-state index contributed by atoms with van der Waals surface area (Å²) in [5, 5.41) is 20.2. The minimum Gasteiger partial charge on any atom is -0.328 e. The molecule has 0 saturated carbocycles. The molecule has 1 aromatic heterocycles. The molecular formula is C24H22ClN5O3S. The van der Waals surface area contributed by atoms with E-state index in [-0.39, 0.29) is 22.9 Å². The van der Waals surface area contributed by atoms with Crippen molar-refractivity contribution in [1.29, 1.82) is 0 Å². The third-order valence-corrected chi connectivity index (χ3v) is 7.17. The fourth-order valence-electron chi connectivity index (χ4n) is 4.47. The number of fused-ring (bicyclic) bond motifs is 1. The van der Waals surface area contributed by atoms with Crippen LogP contribution in [0, 0.1) is 15.5 Å². The molecule has 5 rings (SSSR count). The van der Waals surface area contributed by atoms with Crippen molar-refractivity contribution in [1.82, 2.24) is 14.8 Å². The number of benzene rings is 2. The maximum Gasteiger partial charge on any atom is 0.269 e. The quantitative estimate of drug-likeness (QED) is 0.271. The van der Waals surface area contributed by atoms with Gasteiger partial charge in [0.1, 0.15) is 6.04 Å². The number of carbonyl (C=O) groups excluding carboxylic acids is 1. The van der Waals surface area contributed by atoms with Crippen LogP contribution in [0.1, 0.15) is 43.9 Å². The molecule has 0 radical (unpaired) electrons. The van der Waals surface area contributed by atoms with Crippen LogP contribution in [0.25, 0.3) is 0 Å². The van der Waals surface area contributed by atoms with E-state index in [1.807, 2.05) is 24.3 Å². The third kappa shape index (κ3) is 4.33. The van der Waals surface area contributed by atoms with Crippen molar-refractivity contribution >= 4 is 40.8 Å². The highest BCUT2D eigenvalue weighted by Crippen LogP contribution is 2.45. The number of halogens is 1. The first-order valence-corrected chi connectivity index (χ1v) is 12.2. The van der Waals surface area contributed by atoms with E-state index in [4.69, 9.17) is 21.7 Å². The summed E-state index contributed by atoms with van der Waals surface area (Å²) in [4.78, 5) is 28.4. The van der Waals surface area contributed by atoms with Gasteiger partial charge in [-0.15, -0.1) is 5.10 Å². The summed E-state index contributed by atoms with van der Waals surface area (Å²) in [5.74, 6) is 1.27. The summed E-state index contributed by atoms with van der Waals surface area (Å²) in [7, 11) is 0. The van der Waals surface area contributed by atoms with Crippen molar-refractivity contribution in [2.45, 2.75) is 43.6 Å². The van der Waals surface area contributed by atoms with E-state index < -0.39 is 4.92 Å². The van der Waals surface area contributed by atoms with Gasteiger partial charge in [0.15, 0.2) is 5.78 Å². The number of nitrogens with zero attached hydrogens (tertiary/aromatic N) is 4. The van der Waals surface area contributed by atoms with Crippen molar-refractivity contribution in [2.24, 2.45) is 5.41 Å². The molecule has 34 heavy (non-hydrogen) atoms. The molecule has 2 aliphatic rings. The first-order valence-electron chi connectivity index (χ1n) is 10.8. The highest BCUT2D eigenvalue weighted by atomic mass is 35.5. The first-order chi connectivity index (χ1) is 16.2. The van der Waals surface area contributed by atoms with E-state index in [1.54, 1.807) is 16.8 Å². The topological polar surface area (TPSA) is 103 Å². The van der Waals surface area contributed by atoms with Gasteiger partial charge in [0.05, 0.1) is 4.92 Å². The van der Waals surface area contributed by atoms with Crippen LogP contribution in [0.5, 0.6) is 0 Å². The normalized spacial score (nSPS) is 18.8. The van der Waals surface area contributed by atoms with E-state index in [0.29, 0.717) is 28.3 Å². The Morgan fingerprint density at radius 1 is 1.18 bits per heavy atom. The van der Waals surface area contributed by atoms with Gasteiger partial charge in [0.2, 0.25) is 11.1 Å². The minimum atomic E-state index is -0.415. The van der Waals surface area contributed by atoms with Crippen LogP contribution < -0.4 is 5.32 Å². The summed E-state index contributed by atoms with van der Waals surface area (Å²) in [6.07, 6.45) is 1.22. The van der Waals surface area contributed by atoms with E-state index >= 15 is 0 Å². The van der Waals surface area contributed by atoms with Gasteiger partial charge in [-0.3, -0.25) is 14.9 Å². The van der Waals surface area contributed by atoms with Crippen LogP contribution in [-0.4, -0.2) is 25.5 Å². The van der Waals surface area contributed by atoms with E-state index in [9.17, 15) is 14.9 Å². The van der Waals surface area contributed by atoms with Gasteiger partial charge in [0, 0.05) is 40.6 Å². The van der Waals surface area contributed by atoms with E-state index in [2.05, 4.69) is 19.2 Å². The summed E-state index contributed by atoms with van der Waals surface area (Å²) < 4.78 is 1.77. The van der Waals surface area contributed by atoms with Gasteiger partial charge in [-0.05, 0) is 35.1 Å². The number of carbonyl (C=O) groups is 1. The second-order valence-electron chi connectivity index (χ2n) is 9.29. The van der Waals surface area contributed by atoms with Gasteiger partial charge in [-0.25, -0.2) is 4.68 Å². The molecule has 3 aromatic rings. The maximum absolute atomic E-state index is 13.3. The van der Waals surface area contributed by atoms with Crippen molar-refractivity contribution in [3.8, 4) is 0 Å². The van der Waals surface area contributed by atoms with Crippen LogP contribution in [0.15, 0.2) is 65.0 Å². The summed E-state index contributed by atoms with van der Waals surface area (Å²) in [6, 6.07) is 13.5. The van der Waals surface area contributed by atoms with Crippen molar-refractivity contribution in [3.05, 3.63) is 86.1 Å². The number of aromatic nitrogens is 3. The van der Waals surface area contributed by atoms with Crippen molar-refractivity contribution < 1.29 is 9.72 Å². The number of hydrogen-bond donors (Lipinski definition) is 1. The van der Waals surface area contributed by atoms with Crippen LogP contribution in [-0.2, 0) is 10.5 Å². The standard InChI is InChI=1S/C24H22ClN5O3S/c1-24(2)11-18-20(19(31)12-24)21(15-5-7-16(25)8-6-15)29-22(26-18)27-23(28-29)34-13-14-3-9-17(10-4-14)30(32)33/h3-10,21H,11-13H2,1-2H3,(H,26,27,28). The van der Waals surface area contributed by atoms with Crippen molar-refractivity contribution in [3.63, 3.8) is 0 Å². The van der Waals surface area contributed by atoms with Crippen LogP contribution >= 0.6 is 23.4 Å². The van der Waals surface area contributed by atoms with Crippen LogP contribution in [0.3, 0.4) is 0 Å². The zero-order valence-corrected chi connectivity index (χ0v) is 20.2. The Bertz CT molecular complexity index is 1320. The summed E-state index contributed by atoms with van der Waals surface area (Å²) in [5.41, 5.74) is 3.40. The molecule has 10 heteroatoms. The number of thioether (sulfide) groups is 1. The highest BCUT2D eigenvalue weighted by molar-refractivity contribution is 7.98. The molecular weight excluding hydrogens is 474 g/mol. The highest BCUT2D eigenvalue weighted by Gasteiger charge is 2.41. The lowest BCUT2D eigenvalue weighted by Crippen LogP contribution is -2.36. The fourth-order valence-corrected chi connectivity index (χ4v) is 5.38. The average molecular weight is 496 g/mol. The van der Waals surface area contributed by atoms with Crippen molar-refractivity contribution in [2.75, 3.05) is 5.32 Å². The third-order valence-electron chi connectivity index (χ3n) is 6.01. The number of Topliss-reactive ketones (excluding diaryl/α,β-unsaturated/α-hetero) is 1. The average Bonchev–Trinajstić information content (AvgIpc) is 3.19. The van der Waals surface area contributed by atoms with Gasteiger partial charge < -0.3 is 5.32 Å². The number of allylic oxidation sites excluding steroid dienone is 2. The smallest absolute Gasteiger partial charge is 0.269 e. The maximum atomic E-state index is 13.3. The molecule has 1 unspecified atom stereocenters. The van der Waals surface area contributed by atoms with E-state index in [1.165, 1.54) is 23.9 Å². The molecule has 0 fully saturated rings. The van der Waals surface area contributed by atoms with Gasteiger partial charge in [0.25, 0.3) is 5.69 Å². The number of rotatable bonds is 5. The number of non-ortho nitro benzene ring substituents is 1. The number of ketones is 1. The second kappa shape index (κ2) is 8.56. The largest absolute Gasteiger partial charge is 0.328 e. The molecule has 174 valence electrons. The van der Waals surface area contributed by atoms with Gasteiger partial charge in [-0.1, -0.05) is 61.5 Å². The molecule has 8 nitrogen and oxygen atoms in total. The zero-order chi connectivity index (χ0) is 24.0. The molecule has 0 saturated heterocycles. The second-order valence-corrected chi connectivity index (χ2v) is 10.7. The predicted molar refractivity (Wildman–Crippen MR) is 131 cm³/mol. The van der Waals surface area contributed by atoms with Gasteiger partial charge >= 0.3 is 0 Å². The molecule has 0 spiro atoms. The van der Waals surface area contributed by atoms with Crippen LogP contribution in [0.4, 0.5) is 11.6 Å². The number of hydrogen-bond acceptors (Lipinski definition) is 7. The molecule has 1 aliphatic heterocycles. The lowest BCUT2D eigenvalue weighted by Gasteiger charge is -2.38. The Labute approximate surface area is 205 Å². The molecule has 1 aliphatic carbocycles. The molecule has 2 aromatic carbocycles. The van der Waals surface area contributed by atoms with Gasteiger partial charge in [-0.2, -0.15) is 4.98 Å². The van der Waals surface area contributed by atoms with Crippen LogP contribution in [0.2, 0.25) is 5.02 Å².